The molecule has 0 spiro atoms. The van der Waals surface area contributed by atoms with E-state index >= 15 is 0 Å². The van der Waals surface area contributed by atoms with E-state index in [1.54, 1.807) is 4.57 Å². The number of nitrogens with zero attached hydrogens (tertiary/aromatic N) is 3. The van der Waals surface area contributed by atoms with Gasteiger partial charge in [0.1, 0.15) is 5.52 Å². The molecule has 1 aliphatic heterocycles. The Morgan fingerprint density at radius 3 is 2.68 bits per heavy atom. The van der Waals surface area contributed by atoms with Crippen LogP contribution in [0.2, 0.25) is 0 Å². The van der Waals surface area contributed by atoms with E-state index in [4.69, 9.17) is 10.5 Å². The van der Waals surface area contributed by atoms with Gasteiger partial charge in [0.2, 0.25) is 5.95 Å². The maximum atomic E-state index is 12.4. The molecule has 0 bridgehead atoms. The lowest BCUT2D eigenvalue weighted by atomic mass is 10.0. The Morgan fingerprint density at radius 2 is 1.92 bits per heavy atom. The summed E-state index contributed by atoms with van der Waals surface area (Å²) in [6.45, 7) is 3.01. The van der Waals surface area contributed by atoms with Gasteiger partial charge in [0.05, 0.1) is 0 Å². The second-order valence-electron chi connectivity index (χ2n) is 7.26. The van der Waals surface area contributed by atoms with Crippen LogP contribution in [0.4, 0.5) is 11.8 Å². The van der Waals surface area contributed by atoms with Gasteiger partial charge in [-0.15, -0.1) is 0 Å². The lowest BCUT2D eigenvalue weighted by Gasteiger charge is -2.22. The standard InChI is InChI=1S/C17H26N6O2/c18-14-13-15(22-16(21-14)19-9-11-3-1-2-4-11)23(17(24)20-13)10-12-5-7-25-8-6-12/h11-12H,1-10H2,(H,20,24)(H3,18,19,21,22). The van der Waals surface area contributed by atoms with Crippen LogP contribution in [0.5, 0.6) is 0 Å². The number of rotatable bonds is 5. The molecule has 0 amide bonds. The number of aromatic nitrogens is 4. The highest BCUT2D eigenvalue weighted by Crippen LogP contribution is 2.25. The highest BCUT2D eigenvalue weighted by molar-refractivity contribution is 5.82. The third-order valence-corrected chi connectivity index (χ3v) is 5.46. The van der Waals surface area contributed by atoms with Crippen molar-refractivity contribution in [2.75, 3.05) is 30.8 Å². The zero-order valence-electron chi connectivity index (χ0n) is 14.5. The second-order valence-corrected chi connectivity index (χ2v) is 7.26. The van der Waals surface area contributed by atoms with Crippen LogP contribution in [-0.2, 0) is 11.3 Å². The van der Waals surface area contributed by atoms with Crippen LogP contribution in [0.3, 0.4) is 0 Å². The quantitative estimate of drug-likeness (QED) is 0.760. The molecule has 0 atom stereocenters. The van der Waals surface area contributed by atoms with Gasteiger partial charge in [-0.2, -0.15) is 9.97 Å². The number of anilines is 2. The lowest BCUT2D eigenvalue weighted by molar-refractivity contribution is 0.0613. The van der Waals surface area contributed by atoms with Crippen LogP contribution in [0.15, 0.2) is 4.79 Å². The normalized spacial score (nSPS) is 19.7. The number of nitrogens with two attached hydrogens (primary N) is 1. The first kappa shape index (κ1) is 16.4. The minimum absolute atomic E-state index is 0.171. The van der Waals surface area contributed by atoms with E-state index in [-0.39, 0.29) is 5.69 Å². The van der Waals surface area contributed by atoms with Gasteiger partial charge >= 0.3 is 5.69 Å². The fourth-order valence-corrected chi connectivity index (χ4v) is 3.94. The lowest BCUT2D eigenvalue weighted by Crippen LogP contribution is -2.26. The van der Waals surface area contributed by atoms with E-state index in [9.17, 15) is 4.79 Å². The minimum atomic E-state index is -0.171. The number of nitrogen functional groups attached to an aromatic ring is 1. The molecule has 2 aromatic rings. The van der Waals surface area contributed by atoms with Crippen LogP contribution in [0.25, 0.3) is 11.2 Å². The Morgan fingerprint density at radius 1 is 1.16 bits per heavy atom. The summed E-state index contributed by atoms with van der Waals surface area (Å²) in [6, 6.07) is 0. The fourth-order valence-electron chi connectivity index (χ4n) is 3.94. The van der Waals surface area contributed by atoms with E-state index in [1.165, 1.54) is 25.7 Å². The van der Waals surface area contributed by atoms with Crippen molar-refractivity contribution in [3.8, 4) is 0 Å². The van der Waals surface area contributed by atoms with Crippen molar-refractivity contribution in [1.82, 2.24) is 19.5 Å². The third kappa shape index (κ3) is 3.49. The van der Waals surface area contributed by atoms with E-state index in [2.05, 4.69) is 20.3 Å². The van der Waals surface area contributed by atoms with E-state index < -0.39 is 0 Å². The maximum absolute atomic E-state index is 12.4. The van der Waals surface area contributed by atoms with Gasteiger partial charge in [-0.1, -0.05) is 12.8 Å². The molecule has 25 heavy (non-hydrogen) atoms. The molecule has 2 aliphatic rings. The van der Waals surface area contributed by atoms with E-state index in [0.717, 1.165) is 32.6 Å². The molecule has 0 aromatic carbocycles. The summed E-state index contributed by atoms with van der Waals surface area (Å²) in [6.07, 6.45) is 7.04. The van der Waals surface area contributed by atoms with Gasteiger partial charge in [-0.3, -0.25) is 4.57 Å². The molecule has 1 aliphatic carbocycles. The molecule has 2 aromatic heterocycles. The molecule has 2 fully saturated rings. The summed E-state index contributed by atoms with van der Waals surface area (Å²) < 4.78 is 7.10. The number of H-pyrrole nitrogens is 1. The van der Waals surface area contributed by atoms with Crippen molar-refractivity contribution in [3.63, 3.8) is 0 Å². The number of imidazole rings is 1. The molecule has 3 heterocycles. The average Bonchev–Trinajstić information content (AvgIpc) is 3.24. The SMILES string of the molecule is Nc1nc(NCC2CCCC2)nc2c1[nH]c(=O)n2CC1CCOCC1. The Kier molecular flexibility index (Phi) is 4.61. The van der Waals surface area contributed by atoms with Crippen molar-refractivity contribution in [2.45, 2.75) is 45.1 Å². The number of hydrogen-bond donors (Lipinski definition) is 3. The van der Waals surface area contributed by atoms with E-state index in [0.29, 0.717) is 41.3 Å². The molecule has 0 unspecified atom stereocenters. The zero-order chi connectivity index (χ0) is 17.2. The molecule has 8 nitrogen and oxygen atoms in total. The molecule has 4 rings (SSSR count). The highest BCUT2D eigenvalue weighted by Gasteiger charge is 2.20. The minimum Gasteiger partial charge on any atom is -0.382 e. The first-order chi connectivity index (χ1) is 12.2. The number of nitrogens with one attached hydrogen (secondary N) is 2. The predicted molar refractivity (Wildman–Crippen MR) is 96.6 cm³/mol. The highest BCUT2D eigenvalue weighted by atomic mass is 16.5. The average molecular weight is 346 g/mol. The zero-order valence-corrected chi connectivity index (χ0v) is 14.5. The summed E-state index contributed by atoms with van der Waals surface area (Å²) in [7, 11) is 0. The monoisotopic (exact) mass is 346 g/mol. The largest absolute Gasteiger partial charge is 0.382 e. The topological polar surface area (TPSA) is 111 Å². The fraction of sp³-hybridized carbons (Fsp3) is 0.706. The second kappa shape index (κ2) is 7.03. The van der Waals surface area contributed by atoms with Gasteiger partial charge in [0.15, 0.2) is 11.5 Å². The Balaban J connectivity index is 1.58. The molecule has 8 heteroatoms. The van der Waals surface area contributed by atoms with Crippen molar-refractivity contribution in [1.29, 1.82) is 0 Å². The number of fused-ring (bicyclic) bond motifs is 1. The first-order valence-corrected chi connectivity index (χ1v) is 9.28. The molecule has 4 N–H and O–H groups in total. The summed E-state index contributed by atoms with van der Waals surface area (Å²) >= 11 is 0. The van der Waals surface area contributed by atoms with Crippen LogP contribution < -0.4 is 16.7 Å². The summed E-state index contributed by atoms with van der Waals surface area (Å²) in [5, 5.41) is 3.31. The molecule has 1 saturated heterocycles. The van der Waals surface area contributed by atoms with Crippen molar-refractivity contribution in [2.24, 2.45) is 11.8 Å². The van der Waals surface area contributed by atoms with Gasteiger partial charge < -0.3 is 20.8 Å². The molecule has 136 valence electrons. The number of aromatic amines is 1. The Labute approximate surface area is 146 Å². The van der Waals surface area contributed by atoms with Crippen molar-refractivity contribution >= 4 is 22.9 Å². The number of ether oxygens (including phenoxy) is 1. The molecular formula is C17H26N6O2. The summed E-state index contributed by atoms with van der Waals surface area (Å²) in [5.41, 5.74) is 7.02. The smallest absolute Gasteiger partial charge is 0.327 e. The first-order valence-electron chi connectivity index (χ1n) is 9.28. The Bertz CT molecular complexity index is 786. The summed E-state index contributed by atoms with van der Waals surface area (Å²) in [5.74, 6) is 1.94. The van der Waals surface area contributed by atoms with Gasteiger partial charge in [-0.05, 0) is 37.5 Å². The van der Waals surface area contributed by atoms with Crippen LogP contribution in [0, 0.1) is 11.8 Å². The molecule has 1 saturated carbocycles. The van der Waals surface area contributed by atoms with Gasteiger partial charge in [-0.25, -0.2) is 4.79 Å². The third-order valence-electron chi connectivity index (χ3n) is 5.46. The van der Waals surface area contributed by atoms with Crippen LogP contribution in [-0.4, -0.2) is 39.3 Å². The predicted octanol–water partition coefficient (Wildman–Crippen LogP) is 1.73. The van der Waals surface area contributed by atoms with Crippen LogP contribution in [0.1, 0.15) is 38.5 Å². The van der Waals surface area contributed by atoms with Gasteiger partial charge in [0, 0.05) is 26.3 Å². The van der Waals surface area contributed by atoms with E-state index in [1.807, 2.05) is 0 Å². The number of hydrogen-bond acceptors (Lipinski definition) is 6. The van der Waals surface area contributed by atoms with Crippen molar-refractivity contribution < 1.29 is 4.74 Å². The van der Waals surface area contributed by atoms with Crippen LogP contribution >= 0.6 is 0 Å². The molecular weight excluding hydrogens is 320 g/mol. The van der Waals surface area contributed by atoms with Gasteiger partial charge in [0.25, 0.3) is 0 Å². The van der Waals surface area contributed by atoms with Crippen molar-refractivity contribution in [3.05, 3.63) is 10.5 Å². The molecule has 0 radical (unpaired) electrons. The maximum Gasteiger partial charge on any atom is 0.327 e. The Hall–Kier alpha value is -2.09. The summed E-state index contributed by atoms with van der Waals surface area (Å²) in [4.78, 5) is 24.1.